The molecule has 19 heavy (non-hydrogen) atoms. The number of carbonyl (C=O) groups excluding carboxylic acids is 1. The summed E-state index contributed by atoms with van der Waals surface area (Å²) in [4.78, 5) is 22.6. The number of nitrogens with one attached hydrogen (secondary N) is 1. The molecule has 0 aliphatic heterocycles. The van der Waals surface area contributed by atoms with Crippen LogP contribution >= 0.6 is 0 Å². The van der Waals surface area contributed by atoms with Crippen molar-refractivity contribution in [3.63, 3.8) is 0 Å². The van der Waals surface area contributed by atoms with Crippen molar-refractivity contribution < 1.29 is 14.7 Å². The van der Waals surface area contributed by atoms with Crippen LogP contribution in [0.1, 0.15) is 23.2 Å². The van der Waals surface area contributed by atoms with Gasteiger partial charge in [-0.2, -0.15) is 0 Å². The van der Waals surface area contributed by atoms with Crippen LogP contribution in [0.15, 0.2) is 48.1 Å². The van der Waals surface area contributed by atoms with Gasteiger partial charge in [0, 0.05) is 16.8 Å². The van der Waals surface area contributed by atoms with Crippen LogP contribution in [-0.2, 0) is 4.79 Å². The minimum absolute atomic E-state index is 0.000680. The molecule has 0 saturated heterocycles. The number of benzene rings is 1. The van der Waals surface area contributed by atoms with Gasteiger partial charge in [-0.1, -0.05) is 18.2 Å². The van der Waals surface area contributed by atoms with Gasteiger partial charge in [0.15, 0.2) is 5.78 Å². The summed E-state index contributed by atoms with van der Waals surface area (Å²) in [6, 6.07) is 6.83. The highest BCUT2D eigenvalue weighted by Gasteiger charge is 2.11. The van der Waals surface area contributed by atoms with E-state index in [1.807, 2.05) is 18.2 Å². The Morgan fingerprint density at radius 3 is 2.47 bits per heavy atom. The van der Waals surface area contributed by atoms with Crippen molar-refractivity contribution in [1.29, 1.82) is 0 Å². The molecule has 0 radical (unpaired) electrons. The highest BCUT2D eigenvalue weighted by atomic mass is 16.4. The van der Waals surface area contributed by atoms with Crippen LogP contribution in [0.4, 0.5) is 5.69 Å². The molecular weight excluding hydrogens is 242 g/mol. The molecule has 0 heterocycles. The molecule has 0 bridgehead atoms. The number of allylic oxidation sites excluding steroid dienone is 4. The molecule has 0 saturated carbocycles. The lowest BCUT2D eigenvalue weighted by Crippen LogP contribution is -2.12. The minimum Gasteiger partial charge on any atom is -0.480 e. The van der Waals surface area contributed by atoms with Gasteiger partial charge in [-0.25, -0.2) is 0 Å². The van der Waals surface area contributed by atoms with E-state index in [2.05, 4.69) is 5.32 Å². The SMILES string of the molecule is O=C(O)CNc1ccc(C(=O)C2=CCCC=C2)cc1. The van der Waals surface area contributed by atoms with E-state index in [0.29, 0.717) is 11.3 Å². The topological polar surface area (TPSA) is 66.4 Å². The van der Waals surface area contributed by atoms with Gasteiger partial charge < -0.3 is 10.4 Å². The summed E-state index contributed by atoms with van der Waals surface area (Å²) >= 11 is 0. The van der Waals surface area contributed by atoms with E-state index in [0.717, 1.165) is 18.4 Å². The molecule has 0 aromatic heterocycles. The van der Waals surface area contributed by atoms with E-state index in [9.17, 15) is 9.59 Å². The third-order valence-electron chi connectivity index (χ3n) is 2.85. The molecule has 0 unspecified atom stereocenters. The third kappa shape index (κ3) is 3.55. The molecule has 0 amide bonds. The number of hydrogen-bond donors (Lipinski definition) is 2. The van der Waals surface area contributed by atoms with E-state index in [1.165, 1.54) is 0 Å². The average Bonchev–Trinajstić information content (AvgIpc) is 2.46. The number of aliphatic carboxylic acids is 1. The first-order chi connectivity index (χ1) is 9.16. The Balaban J connectivity index is 2.05. The van der Waals surface area contributed by atoms with E-state index in [4.69, 9.17) is 5.11 Å². The molecule has 4 nitrogen and oxygen atoms in total. The predicted molar refractivity (Wildman–Crippen MR) is 73.4 cm³/mol. The second-order valence-electron chi connectivity index (χ2n) is 4.29. The lowest BCUT2D eigenvalue weighted by Gasteiger charge is -2.07. The monoisotopic (exact) mass is 257 g/mol. The van der Waals surface area contributed by atoms with Crippen molar-refractivity contribution in [3.8, 4) is 0 Å². The standard InChI is InChI=1S/C15H15NO3/c17-14(18)10-16-13-8-6-12(7-9-13)15(19)11-4-2-1-3-5-11/h2,4-9,16H,1,3,10H2,(H,17,18). The number of anilines is 1. The Morgan fingerprint density at radius 1 is 1.16 bits per heavy atom. The molecule has 2 rings (SSSR count). The summed E-state index contributed by atoms with van der Waals surface area (Å²) in [6.07, 6.45) is 7.67. The van der Waals surface area contributed by atoms with Gasteiger partial charge in [0.25, 0.3) is 0 Å². The zero-order valence-electron chi connectivity index (χ0n) is 10.4. The molecular formula is C15H15NO3. The number of ketones is 1. The maximum atomic E-state index is 12.1. The van der Waals surface area contributed by atoms with Crippen LogP contribution in [0.25, 0.3) is 0 Å². The lowest BCUT2D eigenvalue weighted by molar-refractivity contribution is -0.134. The molecule has 2 N–H and O–H groups in total. The zero-order chi connectivity index (χ0) is 13.7. The van der Waals surface area contributed by atoms with Crippen LogP contribution in [0.3, 0.4) is 0 Å². The summed E-state index contributed by atoms with van der Waals surface area (Å²) in [5.74, 6) is -0.918. The average molecular weight is 257 g/mol. The fraction of sp³-hybridized carbons (Fsp3) is 0.200. The Labute approximate surface area is 111 Å². The van der Waals surface area contributed by atoms with Gasteiger partial charge in [0.1, 0.15) is 6.54 Å². The quantitative estimate of drug-likeness (QED) is 0.796. The fourth-order valence-corrected chi connectivity index (χ4v) is 1.87. The van der Waals surface area contributed by atoms with Crippen LogP contribution in [-0.4, -0.2) is 23.4 Å². The van der Waals surface area contributed by atoms with Crippen molar-refractivity contribution >= 4 is 17.4 Å². The molecule has 1 aromatic rings. The van der Waals surface area contributed by atoms with Crippen LogP contribution in [0.2, 0.25) is 0 Å². The summed E-state index contributed by atoms with van der Waals surface area (Å²) in [7, 11) is 0. The number of carbonyl (C=O) groups is 2. The van der Waals surface area contributed by atoms with Crippen molar-refractivity contribution in [3.05, 3.63) is 53.6 Å². The van der Waals surface area contributed by atoms with Gasteiger partial charge in [-0.3, -0.25) is 9.59 Å². The van der Waals surface area contributed by atoms with E-state index in [-0.39, 0.29) is 12.3 Å². The Kier molecular flexibility index (Phi) is 4.13. The van der Waals surface area contributed by atoms with Gasteiger partial charge in [0.05, 0.1) is 0 Å². The summed E-state index contributed by atoms with van der Waals surface area (Å²) < 4.78 is 0. The molecule has 0 atom stereocenters. The van der Waals surface area contributed by atoms with Crippen molar-refractivity contribution in [2.45, 2.75) is 12.8 Å². The Morgan fingerprint density at radius 2 is 1.89 bits per heavy atom. The number of carboxylic acids is 1. The van der Waals surface area contributed by atoms with Crippen molar-refractivity contribution in [2.75, 3.05) is 11.9 Å². The summed E-state index contributed by atoms with van der Waals surface area (Å²) in [5, 5.41) is 11.3. The Hall–Kier alpha value is -2.36. The highest BCUT2D eigenvalue weighted by Crippen LogP contribution is 2.17. The molecule has 0 spiro atoms. The van der Waals surface area contributed by atoms with Crippen molar-refractivity contribution in [2.24, 2.45) is 0 Å². The normalized spacial score (nSPS) is 13.8. The molecule has 1 aliphatic rings. The van der Waals surface area contributed by atoms with E-state index < -0.39 is 5.97 Å². The first-order valence-corrected chi connectivity index (χ1v) is 6.14. The number of Topliss-reactive ketones (excluding diaryl/α,β-unsaturated/α-hetero) is 1. The van der Waals surface area contributed by atoms with E-state index >= 15 is 0 Å². The maximum Gasteiger partial charge on any atom is 0.322 e. The molecule has 0 fully saturated rings. The lowest BCUT2D eigenvalue weighted by atomic mass is 9.98. The molecule has 4 heteroatoms. The van der Waals surface area contributed by atoms with Crippen LogP contribution in [0.5, 0.6) is 0 Å². The molecule has 98 valence electrons. The number of rotatable bonds is 5. The van der Waals surface area contributed by atoms with Gasteiger partial charge in [-0.05, 0) is 37.1 Å². The fourth-order valence-electron chi connectivity index (χ4n) is 1.87. The Bertz CT molecular complexity index is 541. The smallest absolute Gasteiger partial charge is 0.322 e. The number of carboxylic acid groups (broad SMARTS) is 1. The second-order valence-corrected chi connectivity index (χ2v) is 4.29. The van der Waals surface area contributed by atoms with Crippen LogP contribution < -0.4 is 5.32 Å². The minimum atomic E-state index is -0.919. The molecule has 1 aromatic carbocycles. The molecule has 1 aliphatic carbocycles. The zero-order valence-corrected chi connectivity index (χ0v) is 10.4. The first kappa shape index (κ1) is 13.1. The summed E-state index contributed by atoms with van der Waals surface area (Å²) in [5.41, 5.74) is 2.02. The third-order valence-corrected chi connectivity index (χ3v) is 2.85. The largest absolute Gasteiger partial charge is 0.480 e. The summed E-state index contributed by atoms with van der Waals surface area (Å²) in [6.45, 7) is -0.138. The first-order valence-electron chi connectivity index (χ1n) is 6.14. The van der Waals surface area contributed by atoms with Gasteiger partial charge in [-0.15, -0.1) is 0 Å². The maximum absolute atomic E-state index is 12.1. The number of hydrogen-bond acceptors (Lipinski definition) is 3. The van der Waals surface area contributed by atoms with Gasteiger partial charge in [0.2, 0.25) is 0 Å². The predicted octanol–water partition coefficient (Wildman–Crippen LogP) is 2.64. The van der Waals surface area contributed by atoms with E-state index in [1.54, 1.807) is 24.3 Å². The second kappa shape index (κ2) is 6.00. The van der Waals surface area contributed by atoms with Gasteiger partial charge >= 0.3 is 5.97 Å². The van der Waals surface area contributed by atoms with Crippen LogP contribution in [0, 0.1) is 0 Å². The highest BCUT2D eigenvalue weighted by molar-refractivity contribution is 6.10. The van der Waals surface area contributed by atoms with Crippen molar-refractivity contribution in [1.82, 2.24) is 0 Å².